The molecule has 2 aromatic carbocycles. The molecule has 1 aliphatic rings. The third-order valence-corrected chi connectivity index (χ3v) is 3.97. The first kappa shape index (κ1) is 15.7. The van der Waals surface area contributed by atoms with Crippen molar-refractivity contribution in [2.24, 2.45) is 0 Å². The van der Waals surface area contributed by atoms with Gasteiger partial charge in [0.05, 0.1) is 11.6 Å². The van der Waals surface area contributed by atoms with Gasteiger partial charge in [-0.05, 0) is 30.2 Å². The van der Waals surface area contributed by atoms with Crippen LogP contribution in [0.1, 0.15) is 24.3 Å². The number of nitrogens with one attached hydrogen (secondary N) is 1. The summed E-state index contributed by atoms with van der Waals surface area (Å²) < 4.78 is 0. The molecule has 0 saturated carbocycles. The molecule has 0 aromatic heterocycles. The molecule has 6 heteroatoms. The van der Waals surface area contributed by atoms with Crippen LogP contribution in [-0.4, -0.2) is 28.0 Å². The Morgan fingerprint density at radius 1 is 1.08 bits per heavy atom. The molecule has 0 aliphatic carbocycles. The first-order valence-electron chi connectivity index (χ1n) is 7.43. The van der Waals surface area contributed by atoms with Gasteiger partial charge in [0.2, 0.25) is 0 Å². The molecule has 2 aromatic rings. The van der Waals surface area contributed by atoms with Gasteiger partial charge in [0.1, 0.15) is 6.04 Å². The van der Waals surface area contributed by atoms with E-state index in [4.69, 9.17) is 5.26 Å². The number of nitriles is 1. The number of aliphatic hydroxyl groups is 1. The Kier molecular flexibility index (Phi) is 4.02. The second-order valence-electron chi connectivity index (χ2n) is 5.56. The van der Waals surface area contributed by atoms with Crippen molar-refractivity contribution in [3.63, 3.8) is 0 Å². The highest BCUT2D eigenvalue weighted by Gasteiger charge is 2.39. The van der Waals surface area contributed by atoms with Crippen LogP contribution in [0.4, 0.5) is 4.79 Å². The zero-order valence-corrected chi connectivity index (χ0v) is 12.9. The summed E-state index contributed by atoms with van der Waals surface area (Å²) in [6.45, 7) is 1.57. The van der Waals surface area contributed by atoms with E-state index in [1.807, 2.05) is 12.1 Å². The zero-order valence-electron chi connectivity index (χ0n) is 12.9. The predicted octanol–water partition coefficient (Wildman–Crippen LogP) is 2.16. The number of amides is 3. The van der Waals surface area contributed by atoms with Crippen molar-refractivity contribution >= 4 is 11.9 Å². The molecule has 120 valence electrons. The minimum Gasteiger partial charge on any atom is -0.369 e. The van der Waals surface area contributed by atoms with Gasteiger partial charge in [0, 0.05) is 5.56 Å². The summed E-state index contributed by atoms with van der Waals surface area (Å²) in [5.41, 5.74) is 2.86. The van der Waals surface area contributed by atoms with Gasteiger partial charge in [-0.2, -0.15) is 5.26 Å². The fourth-order valence-electron chi connectivity index (χ4n) is 2.59. The number of carbonyl (C=O) groups excluding carboxylic acids is 2. The standard InChI is InChI=1S/C18H15N3O3/c1-11-16(22)21(18(24)20-11)17(23)15-8-6-14(7-9-15)13-4-2-12(10-19)3-5-13/h2-9,11,17,23H,1H3,(H,20,24). The average molecular weight is 321 g/mol. The maximum atomic E-state index is 11.9. The number of hydrogen-bond donors (Lipinski definition) is 2. The molecule has 1 aliphatic heterocycles. The summed E-state index contributed by atoms with van der Waals surface area (Å²) in [5.74, 6) is -0.455. The van der Waals surface area contributed by atoms with E-state index in [0.717, 1.165) is 16.0 Å². The van der Waals surface area contributed by atoms with Gasteiger partial charge in [-0.1, -0.05) is 36.4 Å². The normalized spacial score (nSPS) is 18.2. The van der Waals surface area contributed by atoms with Crippen LogP contribution >= 0.6 is 0 Å². The molecule has 2 N–H and O–H groups in total. The van der Waals surface area contributed by atoms with Crippen LogP contribution in [0.2, 0.25) is 0 Å². The van der Waals surface area contributed by atoms with Gasteiger partial charge in [0.15, 0.2) is 6.23 Å². The number of imide groups is 1. The first-order chi connectivity index (χ1) is 11.5. The highest BCUT2D eigenvalue weighted by Crippen LogP contribution is 2.26. The highest BCUT2D eigenvalue weighted by molar-refractivity contribution is 6.04. The van der Waals surface area contributed by atoms with Crippen LogP contribution in [0.3, 0.4) is 0 Å². The lowest BCUT2D eigenvalue weighted by Crippen LogP contribution is -2.35. The smallest absolute Gasteiger partial charge is 0.327 e. The predicted molar refractivity (Wildman–Crippen MR) is 86.4 cm³/mol. The number of urea groups is 1. The van der Waals surface area contributed by atoms with Crippen molar-refractivity contribution < 1.29 is 14.7 Å². The van der Waals surface area contributed by atoms with E-state index < -0.39 is 24.2 Å². The molecular weight excluding hydrogens is 306 g/mol. The van der Waals surface area contributed by atoms with Gasteiger partial charge in [-0.25, -0.2) is 9.69 Å². The van der Waals surface area contributed by atoms with E-state index in [1.54, 1.807) is 43.3 Å². The summed E-state index contributed by atoms with van der Waals surface area (Å²) in [6.07, 6.45) is -1.32. The van der Waals surface area contributed by atoms with Gasteiger partial charge >= 0.3 is 6.03 Å². The Labute approximate surface area is 138 Å². The summed E-state index contributed by atoms with van der Waals surface area (Å²) >= 11 is 0. The quantitative estimate of drug-likeness (QED) is 0.847. The van der Waals surface area contributed by atoms with Crippen LogP contribution in [0.25, 0.3) is 11.1 Å². The van der Waals surface area contributed by atoms with E-state index in [1.165, 1.54) is 0 Å². The van der Waals surface area contributed by atoms with Crippen LogP contribution in [0, 0.1) is 11.3 Å². The molecule has 0 bridgehead atoms. The molecule has 0 spiro atoms. The summed E-state index contributed by atoms with van der Waals surface area (Å²) in [6, 6.07) is 14.9. The highest BCUT2D eigenvalue weighted by atomic mass is 16.3. The molecule has 2 unspecified atom stereocenters. The Morgan fingerprint density at radius 3 is 2.08 bits per heavy atom. The van der Waals surface area contributed by atoms with Crippen LogP contribution in [0.15, 0.2) is 48.5 Å². The molecule has 0 radical (unpaired) electrons. The number of benzene rings is 2. The van der Waals surface area contributed by atoms with Crippen molar-refractivity contribution in [3.8, 4) is 17.2 Å². The maximum absolute atomic E-state index is 11.9. The van der Waals surface area contributed by atoms with Crippen molar-refractivity contribution in [1.29, 1.82) is 5.26 Å². The molecule has 6 nitrogen and oxygen atoms in total. The van der Waals surface area contributed by atoms with Crippen molar-refractivity contribution in [1.82, 2.24) is 10.2 Å². The van der Waals surface area contributed by atoms with Crippen LogP contribution < -0.4 is 5.32 Å². The number of rotatable bonds is 3. The minimum atomic E-state index is -1.32. The molecular formula is C18H15N3O3. The fraction of sp³-hybridized carbons (Fsp3) is 0.167. The second kappa shape index (κ2) is 6.14. The lowest BCUT2D eigenvalue weighted by atomic mass is 10.0. The maximum Gasteiger partial charge on any atom is 0.327 e. The summed E-state index contributed by atoms with van der Waals surface area (Å²) in [7, 11) is 0. The van der Waals surface area contributed by atoms with Gasteiger partial charge in [-0.3, -0.25) is 4.79 Å². The Bertz CT molecular complexity index is 822. The number of aliphatic hydroxyl groups excluding tert-OH is 1. The Hall–Kier alpha value is -3.17. The molecule has 1 heterocycles. The van der Waals surface area contributed by atoms with Crippen molar-refractivity contribution in [3.05, 3.63) is 59.7 Å². The van der Waals surface area contributed by atoms with E-state index >= 15 is 0 Å². The summed E-state index contributed by atoms with van der Waals surface area (Å²) in [5, 5.41) is 21.6. The minimum absolute atomic E-state index is 0.449. The fourth-order valence-corrected chi connectivity index (χ4v) is 2.59. The number of nitrogens with zero attached hydrogens (tertiary/aromatic N) is 2. The molecule has 3 rings (SSSR count). The summed E-state index contributed by atoms with van der Waals surface area (Å²) in [4.78, 5) is 24.5. The van der Waals surface area contributed by atoms with Crippen LogP contribution in [-0.2, 0) is 4.79 Å². The molecule has 24 heavy (non-hydrogen) atoms. The first-order valence-corrected chi connectivity index (χ1v) is 7.43. The monoisotopic (exact) mass is 321 g/mol. The molecule has 2 atom stereocenters. The molecule has 3 amide bonds. The van der Waals surface area contributed by atoms with Crippen molar-refractivity contribution in [2.45, 2.75) is 19.2 Å². The van der Waals surface area contributed by atoms with E-state index in [2.05, 4.69) is 11.4 Å². The Balaban J connectivity index is 1.82. The lowest BCUT2D eigenvalue weighted by molar-refractivity contribution is -0.134. The molecule has 1 fully saturated rings. The van der Waals surface area contributed by atoms with Gasteiger partial charge in [-0.15, -0.1) is 0 Å². The van der Waals surface area contributed by atoms with Gasteiger partial charge < -0.3 is 10.4 Å². The third-order valence-electron chi connectivity index (χ3n) is 3.97. The van der Waals surface area contributed by atoms with Gasteiger partial charge in [0.25, 0.3) is 5.91 Å². The average Bonchev–Trinajstić information content (AvgIpc) is 2.87. The second-order valence-corrected chi connectivity index (χ2v) is 5.56. The van der Waals surface area contributed by atoms with Crippen molar-refractivity contribution in [2.75, 3.05) is 0 Å². The topological polar surface area (TPSA) is 93.4 Å². The van der Waals surface area contributed by atoms with E-state index in [-0.39, 0.29) is 0 Å². The SMILES string of the molecule is CC1NC(=O)N(C(O)c2ccc(-c3ccc(C#N)cc3)cc2)C1=O. The Morgan fingerprint density at radius 2 is 1.62 bits per heavy atom. The number of carbonyl (C=O) groups is 2. The van der Waals surface area contributed by atoms with E-state index in [9.17, 15) is 14.7 Å². The van der Waals surface area contributed by atoms with E-state index in [0.29, 0.717) is 11.1 Å². The number of hydrogen-bond acceptors (Lipinski definition) is 4. The third kappa shape index (κ3) is 2.73. The van der Waals surface area contributed by atoms with Crippen LogP contribution in [0.5, 0.6) is 0 Å². The molecule has 1 saturated heterocycles. The largest absolute Gasteiger partial charge is 0.369 e. The lowest BCUT2D eigenvalue weighted by Gasteiger charge is -2.20. The zero-order chi connectivity index (χ0) is 17.3.